The Labute approximate surface area is 148 Å². The van der Waals surface area contributed by atoms with Crippen LogP contribution >= 0.6 is 0 Å². The molecule has 2 aromatic carbocycles. The summed E-state index contributed by atoms with van der Waals surface area (Å²) in [5, 5.41) is 6.01. The lowest BCUT2D eigenvalue weighted by atomic mass is 10.2. The number of hydrogen-bond acceptors (Lipinski definition) is 5. The number of rotatable bonds is 8. The zero-order chi connectivity index (χ0) is 18.2. The van der Waals surface area contributed by atoms with Gasteiger partial charge in [-0.1, -0.05) is 12.1 Å². The van der Waals surface area contributed by atoms with Gasteiger partial charge in [0.1, 0.15) is 11.8 Å². The molecule has 134 valence electrons. The van der Waals surface area contributed by atoms with Crippen LogP contribution in [0.2, 0.25) is 0 Å². The smallest absolute Gasteiger partial charge is 0.246 e. The van der Waals surface area contributed by atoms with Crippen molar-refractivity contribution < 1.29 is 19.0 Å². The van der Waals surface area contributed by atoms with Gasteiger partial charge in [-0.05, 0) is 38.1 Å². The molecule has 2 N–H and O–H groups in total. The maximum absolute atomic E-state index is 12.4. The fourth-order valence-corrected chi connectivity index (χ4v) is 2.34. The molecule has 25 heavy (non-hydrogen) atoms. The lowest BCUT2D eigenvalue weighted by Gasteiger charge is -2.18. The highest BCUT2D eigenvalue weighted by atomic mass is 16.5. The molecule has 2 aromatic rings. The van der Waals surface area contributed by atoms with Gasteiger partial charge in [-0.2, -0.15) is 0 Å². The zero-order valence-corrected chi connectivity index (χ0v) is 15.0. The number of para-hydroxylation sites is 2. The number of benzene rings is 2. The van der Waals surface area contributed by atoms with Gasteiger partial charge in [0.2, 0.25) is 5.91 Å². The lowest BCUT2D eigenvalue weighted by molar-refractivity contribution is -0.116. The van der Waals surface area contributed by atoms with Crippen LogP contribution in [-0.2, 0) is 4.79 Å². The van der Waals surface area contributed by atoms with Gasteiger partial charge >= 0.3 is 0 Å². The Kier molecular flexibility index (Phi) is 6.51. The molecule has 0 aliphatic carbocycles. The summed E-state index contributed by atoms with van der Waals surface area (Å²) in [6, 6.07) is 12.3. The molecule has 0 aliphatic rings. The Morgan fingerprint density at radius 1 is 1.04 bits per heavy atom. The van der Waals surface area contributed by atoms with E-state index in [4.69, 9.17) is 14.2 Å². The van der Waals surface area contributed by atoms with Crippen LogP contribution in [0.25, 0.3) is 0 Å². The van der Waals surface area contributed by atoms with E-state index in [1.54, 1.807) is 39.3 Å². The second kappa shape index (κ2) is 8.82. The van der Waals surface area contributed by atoms with Crippen LogP contribution in [0, 0.1) is 0 Å². The Hall–Kier alpha value is -2.89. The van der Waals surface area contributed by atoms with Crippen LogP contribution < -0.4 is 24.8 Å². The molecule has 0 fully saturated rings. The molecule has 0 unspecified atom stereocenters. The van der Waals surface area contributed by atoms with E-state index in [9.17, 15) is 4.79 Å². The normalized spacial score (nSPS) is 11.4. The molecule has 6 nitrogen and oxygen atoms in total. The van der Waals surface area contributed by atoms with Gasteiger partial charge < -0.3 is 24.8 Å². The SMILES string of the molecule is CCOc1ccc(N[C@@H](C)C(=O)Nc2ccccc2OC)cc1OC. The standard InChI is InChI=1S/C19H24N2O4/c1-5-25-17-11-10-14(12-18(17)24-4)20-13(2)19(22)21-15-8-6-7-9-16(15)23-3/h6-13,20H,5H2,1-4H3,(H,21,22)/t13-/m0/s1. The second-order valence-corrected chi connectivity index (χ2v) is 5.35. The summed E-state index contributed by atoms with van der Waals surface area (Å²) in [5.74, 6) is 1.73. The monoisotopic (exact) mass is 344 g/mol. The van der Waals surface area contributed by atoms with Crippen LogP contribution in [-0.4, -0.2) is 32.8 Å². The molecule has 0 radical (unpaired) electrons. The first-order valence-electron chi connectivity index (χ1n) is 8.10. The number of nitrogens with one attached hydrogen (secondary N) is 2. The van der Waals surface area contributed by atoms with E-state index < -0.39 is 6.04 Å². The molecule has 2 rings (SSSR count). The number of carbonyl (C=O) groups excluding carboxylic acids is 1. The molecule has 0 aliphatic heterocycles. The van der Waals surface area contributed by atoms with E-state index in [-0.39, 0.29) is 5.91 Å². The molecular formula is C19H24N2O4. The van der Waals surface area contributed by atoms with Crippen LogP contribution in [0.4, 0.5) is 11.4 Å². The van der Waals surface area contributed by atoms with E-state index in [2.05, 4.69) is 10.6 Å². The van der Waals surface area contributed by atoms with E-state index in [1.165, 1.54) is 0 Å². The van der Waals surface area contributed by atoms with Gasteiger partial charge in [0.25, 0.3) is 0 Å². The first-order valence-corrected chi connectivity index (χ1v) is 8.10. The first kappa shape index (κ1) is 18.4. The molecule has 1 amide bonds. The maximum Gasteiger partial charge on any atom is 0.246 e. The fourth-order valence-electron chi connectivity index (χ4n) is 2.34. The average molecular weight is 344 g/mol. The van der Waals surface area contributed by atoms with Gasteiger partial charge in [-0.3, -0.25) is 4.79 Å². The molecule has 0 saturated heterocycles. The van der Waals surface area contributed by atoms with Crippen LogP contribution in [0.1, 0.15) is 13.8 Å². The Balaban J connectivity index is 2.05. The van der Waals surface area contributed by atoms with E-state index in [0.29, 0.717) is 29.5 Å². The van der Waals surface area contributed by atoms with Gasteiger partial charge in [-0.15, -0.1) is 0 Å². The van der Waals surface area contributed by atoms with Gasteiger partial charge in [0.15, 0.2) is 11.5 Å². The van der Waals surface area contributed by atoms with E-state index in [0.717, 1.165) is 5.69 Å². The number of methoxy groups -OCH3 is 2. The summed E-state index contributed by atoms with van der Waals surface area (Å²) in [4.78, 5) is 12.4. The summed E-state index contributed by atoms with van der Waals surface area (Å²) in [6.07, 6.45) is 0. The van der Waals surface area contributed by atoms with Gasteiger partial charge in [-0.25, -0.2) is 0 Å². The van der Waals surface area contributed by atoms with Crippen molar-refractivity contribution in [3.63, 3.8) is 0 Å². The van der Waals surface area contributed by atoms with Crippen molar-refractivity contribution in [1.82, 2.24) is 0 Å². The largest absolute Gasteiger partial charge is 0.495 e. The fraction of sp³-hybridized carbons (Fsp3) is 0.316. The van der Waals surface area contributed by atoms with Crippen molar-refractivity contribution in [2.45, 2.75) is 19.9 Å². The molecular weight excluding hydrogens is 320 g/mol. The van der Waals surface area contributed by atoms with Crippen molar-refractivity contribution in [1.29, 1.82) is 0 Å². The van der Waals surface area contributed by atoms with Crippen LogP contribution in [0.3, 0.4) is 0 Å². The van der Waals surface area contributed by atoms with Crippen molar-refractivity contribution >= 4 is 17.3 Å². The predicted molar refractivity (Wildman–Crippen MR) is 98.9 cm³/mol. The third-order valence-electron chi connectivity index (χ3n) is 3.60. The second-order valence-electron chi connectivity index (χ2n) is 5.35. The summed E-state index contributed by atoms with van der Waals surface area (Å²) >= 11 is 0. The average Bonchev–Trinajstić information content (AvgIpc) is 2.63. The zero-order valence-electron chi connectivity index (χ0n) is 15.0. The van der Waals surface area contributed by atoms with Crippen molar-refractivity contribution in [2.24, 2.45) is 0 Å². The minimum atomic E-state index is -0.451. The minimum Gasteiger partial charge on any atom is -0.495 e. The highest BCUT2D eigenvalue weighted by Gasteiger charge is 2.15. The Bertz CT molecular complexity index is 718. The van der Waals surface area contributed by atoms with Crippen molar-refractivity contribution in [2.75, 3.05) is 31.5 Å². The summed E-state index contributed by atoms with van der Waals surface area (Å²) in [6.45, 7) is 4.25. The van der Waals surface area contributed by atoms with E-state index in [1.807, 2.05) is 31.2 Å². The maximum atomic E-state index is 12.4. The quantitative estimate of drug-likeness (QED) is 0.766. The predicted octanol–water partition coefficient (Wildman–Crippen LogP) is 3.54. The summed E-state index contributed by atoms with van der Waals surface area (Å²) < 4.78 is 16.1. The minimum absolute atomic E-state index is 0.169. The van der Waals surface area contributed by atoms with Gasteiger partial charge in [0, 0.05) is 11.8 Å². The van der Waals surface area contributed by atoms with Crippen LogP contribution in [0.15, 0.2) is 42.5 Å². The number of anilines is 2. The third kappa shape index (κ3) is 4.79. The molecule has 1 atom stereocenters. The molecule has 6 heteroatoms. The summed E-state index contributed by atoms with van der Waals surface area (Å²) in [7, 11) is 3.15. The molecule has 0 bridgehead atoms. The topological polar surface area (TPSA) is 68.8 Å². The van der Waals surface area contributed by atoms with Crippen LogP contribution in [0.5, 0.6) is 17.2 Å². The summed E-state index contributed by atoms with van der Waals surface area (Å²) in [5.41, 5.74) is 1.40. The molecule has 0 saturated carbocycles. The molecule has 0 spiro atoms. The number of ether oxygens (including phenoxy) is 3. The molecule has 0 aromatic heterocycles. The van der Waals surface area contributed by atoms with Gasteiger partial charge in [0.05, 0.1) is 26.5 Å². The molecule has 0 heterocycles. The van der Waals surface area contributed by atoms with E-state index >= 15 is 0 Å². The third-order valence-corrected chi connectivity index (χ3v) is 3.60. The number of hydrogen-bond donors (Lipinski definition) is 2. The van der Waals surface area contributed by atoms with Crippen molar-refractivity contribution in [3.05, 3.63) is 42.5 Å². The Morgan fingerprint density at radius 3 is 2.44 bits per heavy atom. The number of carbonyl (C=O) groups is 1. The number of amides is 1. The van der Waals surface area contributed by atoms with Crippen molar-refractivity contribution in [3.8, 4) is 17.2 Å². The Morgan fingerprint density at radius 2 is 1.76 bits per heavy atom. The lowest BCUT2D eigenvalue weighted by Crippen LogP contribution is -2.32. The highest BCUT2D eigenvalue weighted by Crippen LogP contribution is 2.30. The first-order chi connectivity index (χ1) is 12.1. The highest BCUT2D eigenvalue weighted by molar-refractivity contribution is 5.97.